The molecule has 5 atom stereocenters. The van der Waals surface area contributed by atoms with Gasteiger partial charge in [0.2, 0.25) is 12.0 Å². The smallest absolute Gasteiger partial charge is 0.229 e. The Hall–Kier alpha value is -1.88. The molecule has 0 saturated carbocycles. The van der Waals surface area contributed by atoms with Crippen LogP contribution < -0.4 is 14.2 Å². The number of methoxy groups -OCH3 is 2. The van der Waals surface area contributed by atoms with E-state index in [0.29, 0.717) is 5.56 Å². The molecular weight excluding hydrogens is 348 g/mol. The van der Waals surface area contributed by atoms with Crippen LogP contribution in [0, 0.1) is 0 Å². The van der Waals surface area contributed by atoms with E-state index in [9.17, 15) is 20.4 Å². The topological polar surface area (TPSA) is 138 Å². The van der Waals surface area contributed by atoms with Crippen LogP contribution in [-0.2, 0) is 4.74 Å². The summed E-state index contributed by atoms with van der Waals surface area (Å²) >= 11 is 0. The Kier molecular flexibility index (Phi) is 7.21. The maximum absolute atomic E-state index is 10.1. The van der Waals surface area contributed by atoms with Crippen LogP contribution >= 0.6 is 0 Å². The van der Waals surface area contributed by atoms with Crippen LogP contribution in [0.1, 0.15) is 5.56 Å². The summed E-state index contributed by atoms with van der Waals surface area (Å²) in [4.78, 5) is 0. The summed E-state index contributed by atoms with van der Waals surface area (Å²) in [6.07, 6.45) is -3.88. The first-order valence-electron chi connectivity index (χ1n) is 7.97. The highest BCUT2D eigenvalue weighted by molar-refractivity contribution is 5.62. The molecule has 146 valence electrons. The van der Waals surface area contributed by atoms with Gasteiger partial charge in [0.05, 0.1) is 27.4 Å². The molecule has 1 aliphatic rings. The van der Waals surface area contributed by atoms with E-state index in [4.69, 9.17) is 24.1 Å². The summed E-state index contributed by atoms with van der Waals surface area (Å²) < 4.78 is 21.6. The van der Waals surface area contributed by atoms with Crippen molar-refractivity contribution in [3.63, 3.8) is 0 Å². The van der Waals surface area contributed by atoms with Crippen molar-refractivity contribution in [2.75, 3.05) is 27.4 Å². The lowest BCUT2D eigenvalue weighted by Crippen LogP contribution is -2.60. The zero-order valence-corrected chi connectivity index (χ0v) is 14.5. The third kappa shape index (κ3) is 4.26. The summed E-state index contributed by atoms with van der Waals surface area (Å²) in [6.45, 7) is -0.697. The molecule has 1 aromatic rings. The van der Waals surface area contributed by atoms with Gasteiger partial charge in [0.1, 0.15) is 24.4 Å². The first-order valence-corrected chi connectivity index (χ1v) is 7.97. The van der Waals surface area contributed by atoms with Gasteiger partial charge in [-0.15, -0.1) is 0 Å². The quantitative estimate of drug-likeness (QED) is 0.403. The molecule has 5 N–H and O–H groups in total. The molecule has 9 nitrogen and oxygen atoms in total. The van der Waals surface area contributed by atoms with Crippen molar-refractivity contribution in [3.05, 3.63) is 23.8 Å². The molecule has 1 aromatic carbocycles. The molecule has 2 rings (SSSR count). The minimum atomic E-state index is -1.56. The largest absolute Gasteiger partial charge is 0.493 e. The van der Waals surface area contributed by atoms with E-state index in [1.165, 1.54) is 20.3 Å². The Morgan fingerprint density at radius 3 is 2.12 bits per heavy atom. The maximum atomic E-state index is 10.1. The fourth-order valence-electron chi connectivity index (χ4n) is 2.58. The van der Waals surface area contributed by atoms with E-state index >= 15 is 0 Å². The molecule has 0 bridgehead atoms. The van der Waals surface area contributed by atoms with Crippen molar-refractivity contribution in [1.29, 1.82) is 0 Å². The molecule has 26 heavy (non-hydrogen) atoms. The van der Waals surface area contributed by atoms with Gasteiger partial charge in [0.25, 0.3) is 0 Å². The molecule has 9 heteroatoms. The number of benzene rings is 1. The number of rotatable bonds is 7. The predicted octanol–water partition coefficient (Wildman–Crippen LogP) is -1.11. The van der Waals surface area contributed by atoms with Crippen LogP contribution in [0.4, 0.5) is 0 Å². The number of hydrogen-bond acceptors (Lipinski definition) is 9. The lowest BCUT2D eigenvalue weighted by atomic mass is 9.99. The second-order valence-electron chi connectivity index (χ2n) is 5.65. The second kappa shape index (κ2) is 9.17. The monoisotopic (exact) mass is 372 g/mol. The van der Waals surface area contributed by atoms with Crippen LogP contribution in [-0.4, -0.2) is 83.7 Å². The minimum Gasteiger partial charge on any atom is -0.493 e. The summed E-state index contributed by atoms with van der Waals surface area (Å²) in [7, 11) is 2.82. The number of aliphatic hydroxyl groups excluding tert-OH is 5. The predicted molar refractivity (Wildman–Crippen MR) is 90.1 cm³/mol. The fraction of sp³-hybridized carbons (Fsp3) is 0.529. The van der Waals surface area contributed by atoms with Crippen LogP contribution in [0.25, 0.3) is 6.08 Å². The van der Waals surface area contributed by atoms with Crippen molar-refractivity contribution in [3.8, 4) is 17.2 Å². The molecule has 1 heterocycles. The highest BCUT2D eigenvalue weighted by Crippen LogP contribution is 2.40. The maximum Gasteiger partial charge on any atom is 0.229 e. The van der Waals surface area contributed by atoms with Gasteiger partial charge in [-0.1, -0.05) is 12.2 Å². The number of ether oxygens (including phenoxy) is 4. The van der Waals surface area contributed by atoms with E-state index in [-0.39, 0.29) is 23.9 Å². The molecule has 0 aliphatic carbocycles. The van der Waals surface area contributed by atoms with E-state index in [1.807, 2.05) is 0 Å². The van der Waals surface area contributed by atoms with E-state index in [2.05, 4.69) is 0 Å². The van der Waals surface area contributed by atoms with Crippen LogP contribution in [0.5, 0.6) is 17.2 Å². The first-order chi connectivity index (χ1) is 12.5. The number of hydrogen-bond donors (Lipinski definition) is 5. The Balaban J connectivity index is 2.33. The van der Waals surface area contributed by atoms with E-state index in [1.54, 1.807) is 18.2 Å². The Labute approximate surface area is 150 Å². The van der Waals surface area contributed by atoms with Crippen molar-refractivity contribution >= 4 is 6.08 Å². The lowest BCUT2D eigenvalue weighted by Gasteiger charge is -2.39. The molecular formula is C17H24O9. The summed E-state index contributed by atoms with van der Waals surface area (Å²) in [6, 6.07) is 3.24. The fourth-order valence-corrected chi connectivity index (χ4v) is 2.58. The van der Waals surface area contributed by atoms with Crippen molar-refractivity contribution in [1.82, 2.24) is 0 Å². The zero-order chi connectivity index (χ0) is 19.3. The molecule has 0 amide bonds. The van der Waals surface area contributed by atoms with Gasteiger partial charge in [0.15, 0.2) is 11.5 Å². The third-order valence-electron chi connectivity index (χ3n) is 3.98. The van der Waals surface area contributed by atoms with Crippen molar-refractivity contribution in [2.45, 2.75) is 30.7 Å². The Morgan fingerprint density at radius 1 is 1.00 bits per heavy atom. The molecule has 0 unspecified atom stereocenters. The molecule has 1 fully saturated rings. The lowest BCUT2D eigenvalue weighted by molar-refractivity contribution is -0.277. The van der Waals surface area contributed by atoms with E-state index < -0.39 is 37.3 Å². The van der Waals surface area contributed by atoms with Gasteiger partial charge in [-0.3, -0.25) is 0 Å². The van der Waals surface area contributed by atoms with Crippen LogP contribution in [0.3, 0.4) is 0 Å². The summed E-state index contributed by atoms with van der Waals surface area (Å²) in [5, 5.41) is 48.0. The minimum absolute atomic E-state index is 0.112. The highest BCUT2D eigenvalue weighted by atomic mass is 16.7. The molecule has 1 aliphatic heterocycles. The number of aliphatic hydroxyl groups is 5. The second-order valence-corrected chi connectivity index (χ2v) is 5.65. The average Bonchev–Trinajstić information content (AvgIpc) is 2.66. The van der Waals surface area contributed by atoms with Gasteiger partial charge in [-0.25, -0.2) is 0 Å². The van der Waals surface area contributed by atoms with Crippen LogP contribution in [0.2, 0.25) is 0 Å². The van der Waals surface area contributed by atoms with Gasteiger partial charge in [-0.2, -0.15) is 0 Å². The zero-order valence-electron chi connectivity index (χ0n) is 14.5. The summed E-state index contributed by atoms with van der Waals surface area (Å²) in [5.74, 6) is 0.637. The normalized spacial score (nSPS) is 29.0. The highest BCUT2D eigenvalue weighted by Gasteiger charge is 2.45. The average molecular weight is 372 g/mol. The van der Waals surface area contributed by atoms with Gasteiger partial charge < -0.3 is 44.5 Å². The Morgan fingerprint density at radius 2 is 1.62 bits per heavy atom. The summed E-state index contributed by atoms with van der Waals surface area (Å²) in [5.41, 5.74) is 0.675. The van der Waals surface area contributed by atoms with E-state index in [0.717, 1.165) is 0 Å². The van der Waals surface area contributed by atoms with Crippen molar-refractivity contribution < 1.29 is 44.5 Å². The van der Waals surface area contributed by atoms with Gasteiger partial charge in [0, 0.05) is 0 Å². The van der Waals surface area contributed by atoms with Gasteiger partial charge >= 0.3 is 0 Å². The van der Waals surface area contributed by atoms with Gasteiger partial charge in [-0.05, 0) is 17.7 Å². The Bertz CT molecular complexity index is 591. The molecule has 0 aromatic heterocycles. The van der Waals surface area contributed by atoms with Crippen molar-refractivity contribution in [2.24, 2.45) is 0 Å². The SMILES string of the molecule is COc1cc(/C=C\CO)cc(OC)c1O[C@@H]1O[C@H](CO)[C@@H](O)[C@H](O)[C@@H]1O. The van der Waals surface area contributed by atoms with Crippen LogP contribution in [0.15, 0.2) is 18.2 Å². The first kappa shape index (κ1) is 20.4. The molecule has 1 saturated heterocycles. The molecule has 0 spiro atoms. The third-order valence-corrected chi connectivity index (χ3v) is 3.98. The molecule has 0 radical (unpaired) electrons. The standard InChI is InChI=1S/C17H24O9/c1-23-10-6-9(4-3-5-18)7-11(24-2)16(10)26-17-15(22)14(21)13(20)12(8-19)25-17/h3-4,6-7,12-15,17-22H,5,8H2,1-2H3/b4-3-/t12-,13-,14+,15+,17+/m1/s1.